The van der Waals surface area contributed by atoms with Crippen LogP contribution in [0.1, 0.15) is 25.8 Å². The zero-order valence-corrected chi connectivity index (χ0v) is 16.7. The topological polar surface area (TPSA) is 54.5 Å². The second kappa shape index (κ2) is 8.10. The van der Waals surface area contributed by atoms with Crippen molar-refractivity contribution < 1.29 is 22.7 Å². The molecular formula is C20H21ClF3N3O2. The quantitative estimate of drug-likeness (QED) is 0.772. The second-order valence-corrected chi connectivity index (χ2v) is 7.81. The van der Waals surface area contributed by atoms with Gasteiger partial charge in [0.05, 0.1) is 5.56 Å². The second-order valence-electron chi connectivity index (χ2n) is 7.37. The third-order valence-electron chi connectivity index (χ3n) is 4.66. The van der Waals surface area contributed by atoms with Crippen molar-refractivity contribution in [3.8, 4) is 5.75 Å². The number of alkyl halides is 3. The average Bonchev–Trinajstić information content (AvgIpc) is 3.11. The van der Waals surface area contributed by atoms with Gasteiger partial charge in [-0.1, -0.05) is 11.6 Å². The Kier molecular flexibility index (Phi) is 5.93. The van der Waals surface area contributed by atoms with E-state index < -0.39 is 17.3 Å². The number of halogens is 4. The number of benzene rings is 1. The van der Waals surface area contributed by atoms with Crippen LogP contribution in [0.2, 0.25) is 5.02 Å². The number of carbonyl (C=O) groups excluding carboxylic acids is 1. The van der Waals surface area contributed by atoms with Gasteiger partial charge in [0.15, 0.2) is 5.60 Å². The molecular weight excluding hydrogens is 407 g/mol. The molecule has 1 fully saturated rings. The molecule has 1 aromatic carbocycles. The smallest absolute Gasteiger partial charge is 0.417 e. The number of hydrogen-bond acceptors (Lipinski definition) is 4. The van der Waals surface area contributed by atoms with E-state index in [-0.39, 0.29) is 11.9 Å². The van der Waals surface area contributed by atoms with Crippen LogP contribution in [0.15, 0.2) is 42.6 Å². The van der Waals surface area contributed by atoms with Crippen molar-refractivity contribution in [1.82, 2.24) is 10.3 Å². The van der Waals surface area contributed by atoms with Crippen LogP contribution in [-0.2, 0) is 11.0 Å². The first-order valence-electron chi connectivity index (χ1n) is 9.08. The van der Waals surface area contributed by atoms with E-state index in [1.165, 1.54) is 6.07 Å². The first kappa shape index (κ1) is 21.2. The van der Waals surface area contributed by atoms with Crippen LogP contribution in [0, 0.1) is 0 Å². The summed E-state index contributed by atoms with van der Waals surface area (Å²) in [7, 11) is 0. The number of amides is 1. The summed E-state index contributed by atoms with van der Waals surface area (Å²) in [6.07, 6.45) is -2.93. The van der Waals surface area contributed by atoms with E-state index in [0.29, 0.717) is 36.1 Å². The Morgan fingerprint density at radius 3 is 2.48 bits per heavy atom. The Morgan fingerprint density at radius 2 is 1.90 bits per heavy atom. The molecule has 0 saturated carbocycles. The lowest BCUT2D eigenvalue weighted by molar-refractivity contribution is -0.138. The molecule has 2 heterocycles. The largest absolute Gasteiger partial charge is 0.478 e. The van der Waals surface area contributed by atoms with Crippen LogP contribution >= 0.6 is 11.6 Å². The molecule has 0 radical (unpaired) electrons. The van der Waals surface area contributed by atoms with Crippen LogP contribution in [-0.4, -0.2) is 35.6 Å². The van der Waals surface area contributed by atoms with E-state index in [9.17, 15) is 18.0 Å². The molecule has 1 unspecified atom stereocenters. The molecule has 1 aliphatic rings. The van der Waals surface area contributed by atoms with Crippen LogP contribution in [0.25, 0.3) is 0 Å². The number of nitrogens with one attached hydrogen (secondary N) is 1. The highest BCUT2D eigenvalue weighted by Gasteiger charge is 2.34. The normalized spacial score (nSPS) is 17.3. The molecule has 1 saturated heterocycles. The lowest BCUT2D eigenvalue weighted by Gasteiger charge is -2.27. The number of ether oxygens (including phenoxy) is 1. The lowest BCUT2D eigenvalue weighted by Crippen LogP contribution is -2.50. The van der Waals surface area contributed by atoms with Crippen LogP contribution in [0.5, 0.6) is 5.75 Å². The van der Waals surface area contributed by atoms with Gasteiger partial charge in [0.1, 0.15) is 11.6 Å². The predicted molar refractivity (Wildman–Crippen MR) is 104 cm³/mol. The molecule has 1 aromatic heterocycles. The number of aromatic nitrogens is 1. The molecule has 2 aromatic rings. The van der Waals surface area contributed by atoms with E-state index >= 15 is 0 Å². The summed E-state index contributed by atoms with van der Waals surface area (Å²) in [4.78, 5) is 18.4. The van der Waals surface area contributed by atoms with E-state index in [2.05, 4.69) is 10.3 Å². The van der Waals surface area contributed by atoms with Crippen molar-refractivity contribution in [1.29, 1.82) is 0 Å². The van der Waals surface area contributed by atoms with E-state index in [1.807, 2.05) is 4.90 Å². The summed E-state index contributed by atoms with van der Waals surface area (Å²) >= 11 is 5.85. The molecule has 0 bridgehead atoms. The summed E-state index contributed by atoms with van der Waals surface area (Å²) < 4.78 is 43.8. The van der Waals surface area contributed by atoms with E-state index in [1.54, 1.807) is 38.1 Å². The Labute approximate surface area is 171 Å². The highest BCUT2D eigenvalue weighted by molar-refractivity contribution is 6.30. The van der Waals surface area contributed by atoms with Crippen molar-refractivity contribution in [2.24, 2.45) is 0 Å². The molecule has 1 aliphatic heterocycles. The van der Waals surface area contributed by atoms with Gasteiger partial charge in [-0.05, 0) is 56.7 Å². The van der Waals surface area contributed by atoms with Crippen LogP contribution < -0.4 is 15.0 Å². The fraction of sp³-hybridized carbons (Fsp3) is 0.400. The van der Waals surface area contributed by atoms with Crippen molar-refractivity contribution in [3.63, 3.8) is 0 Å². The van der Waals surface area contributed by atoms with E-state index in [0.717, 1.165) is 12.3 Å². The van der Waals surface area contributed by atoms with Gasteiger partial charge in [-0.15, -0.1) is 0 Å². The van der Waals surface area contributed by atoms with Gasteiger partial charge in [0.25, 0.3) is 5.91 Å². The fourth-order valence-electron chi connectivity index (χ4n) is 3.03. The summed E-state index contributed by atoms with van der Waals surface area (Å²) in [5.74, 6) is 0.697. The summed E-state index contributed by atoms with van der Waals surface area (Å²) in [6.45, 7) is 4.38. The van der Waals surface area contributed by atoms with Gasteiger partial charge < -0.3 is 15.0 Å². The third-order valence-corrected chi connectivity index (χ3v) is 4.91. The average molecular weight is 428 g/mol. The van der Waals surface area contributed by atoms with Crippen LogP contribution in [0.3, 0.4) is 0 Å². The number of anilines is 1. The monoisotopic (exact) mass is 427 g/mol. The highest BCUT2D eigenvalue weighted by Crippen LogP contribution is 2.30. The molecule has 1 amide bonds. The van der Waals surface area contributed by atoms with Crippen LogP contribution in [0.4, 0.5) is 19.0 Å². The van der Waals surface area contributed by atoms with Gasteiger partial charge in [-0.25, -0.2) is 4.98 Å². The number of carbonyl (C=O) groups is 1. The Bertz CT molecular complexity index is 855. The summed E-state index contributed by atoms with van der Waals surface area (Å²) in [5.41, 5.74) is -1.89. The molecule has 0 spiro atoms. The van der Waals surface area contributed by atoms with Gasteiger partial charge in [-0.2, -0.15) is 13.2 Å². The zero-order chi connectivity index (χ0) is 21.2. The first-order chi connectivity index (χ1) is 13.5. The molecule has 5 nitrogen and oxygen atoms in total. The standard InChI is InChI=1S/C20H21ClF3N3O2/c1-19(2,29-16-6-4-14(21)5-7-16)18(28)26-15-9-10-27(12-15)17-8-3-13(11-25-17)20(22,23)24/h3-8,11,15H,9-10,12H2,1-2H3,(H,26,28). The molecule has 9 heteroatoms. The van der Waals surface area contributed by atoms with Gasteiger partial charge >= 0.3 is 6.18 Å². The van der Waals surface area contributed by atoms with Crippen molar-refractivity contribution in [3.05, 3.63) is 53.2 Å². The lowest BCUT2D eigenvalue weighted by atomic mass is 10.1. The summed E-state index contributed by atoms with van der Waals surface area (Å²) in [5, 5.41) is 3.52. The van der Waals surface area contributed by atoms with Crippen molar-refractivity contribution in [2.75, 3.05) is 18.0 Å². The number of nitrogens with zero attached hydrogens (tertiary/aromatic N) is 2. The van der Waals surface area contributed by atoms with E-state index in [4.69, 9.17) is 16.3 Å². The fourth-order valence-corrected chi connectivity index (χ4v) is 3.16. The van der Waals surface area contributed by atoms with Gasteiger partial charge in [-0.3, -0.25) is 4.79 Å². The van der Waals surface area contributed by atoms with Gasteiger partial charge in [0, 0.05) is 30.4 Å². The number of hydrogen-bond donors (Lipinski definition) is 1. The number of pyridine rings is 1. The summed E-state index contributed by atoms with van der Waals surface area (Å²) in [6, 6.07) is 8.93. The molecule has 1 atom stereocenters. The molecule has 1 N–H and O–H groups in total. The SMILES string of the molecule is CC(C)(Oc1ccc(Cl)cc1)C(=O)NC1CCN(c2ccc(C(F)(F)F)cn2)C1. The molecule has 3 rings (SSSR count). The minimum absolute atomic E-state index is 0.153. The van der Waals surface area contributed by atoms with Crippen molar-refractivity contribution in [2.45, 2.75) is 38.1 Å². The van der Waals surface area contributed by atoms with Gasteiger partial charge in [0.2, 0.25) is 0 Å². The Balaban J connectivity index is 1.57. The number of rotatable bonds is 5. The molecule has 29 heavy (non-hydrogen) atoms. The minimum Gasteiger partial charge on any atom is -0.478 e. The highest BCUT2D eigenvalue weighted by atomic mass is 35.5. The molecule has 0 aliphatic carbocycles. The zero-order valence-electron chi connectivity index (χ0n) is 16.0. The predicted octanol–water partition coefficient (Wildman–Crippen LogP) is 4.31. The maximum absolute atomic E-state index is 12.7. The molecule has 156 valence electrons. The third kappa shape index (κ3) is 5.32. The Hall–Kier alpha value is -2.48. The maximum atomic E-state index is 12.7. The minimum atomic E-state index is -4.41. The Morgan fingerprint density at radius 1 is 1.21 bits per heavy atom. The van der Waals surface area contributed by atoms with Crippen molar-refractivity contribution >= 4 is 23.3 Å². The first-order valence-corrected chi connectivity index (χ1v) is 9.46. The maximum Gasteiger partial charge on any atom is 0.417 e.